The van der Waals surface area contributed by atoms with E-state index in [1.165, 1.54) is 4.90 Å². The van der Waals surface area contributed by atoms with Crippen LogP contribution in [0, 0.1) is 23.4 Å². The number of amides is 1. The van der Waals surface area contributed by atoms with Crippen LogP contribution >= 0.6 is 0 Å². The van der Waals surface area contributed by atoms with Gasteiger partial charge in [-0.15, -0.1) is 0 Å². The first kappa shape index (κ1) is 15.8. The lowest BCUT2D eigenvalue weighted by Gasteiger charge is -2.25. The predicted octanol–water partition coefficient (Wildman–Crippen LogP) is 2.57. The molecule has 1 aromatic rings. The number of piperidine rings is 1. The maximum absolute atomic E-state index is 13.1. The molecule has 1 aliphatic heterocycles. The van der Waals surface area contributed by atoms with Crippen LogP contribution in [0.25, 0.3) is 0 Å². The van der Waals surface area contributed by atoms with Crippen LogP contribution in [0.4, 0.5) is 13.2 Å². The molecular formula is C15H19F3N2O. The summed E-state index contributed by atoms with van der Waals surface area (Å²) in [5, 5.41) is 3.27. The lowest BCUT2D eigenvalue weighted by molar-refractivity contribution is 0.0783. The number of nitrogens with zero attached hydrogens (tertiary/aromatic N) is 1. The van der Waals surface area contributed by atoms with E-state index in [9.17, 15) is 18.0 Å². The van der Waals surface area contributed by atoms with Gasteiger partial charge in [0.2, 0.25) is 0 Å². The molecule has 2 rings (SSSR count). The molecule has 1 aromatic carbocycles. The Balaban J connectivity index is 1.95. The molecule has 1 amide bonds. The van der Waals surface area contributed by atoms with Crippen molar-refractivity contribution in [1.29, 1.82) is 0 Å². The van der Waals surface area contributed by atoms with Crippen LogP contribution in [0.2, 0.25) is 0 Å². The molecular weight excluding hydrogens is 281 g/mol. The second-order valence-corrected chi connectivity index (χ2v) is 5.46. The first-order valence-electron chi connectivity index (χ1n) is 7.09. The number of carbonyl (C=O) groups excluding carboxylic acids is 1. The zero-order chi connectivity index (χ0) is 15.4. The number of rotatable bonds is 4. The van der Waals surface area contributed by atoms with Gasteiger partial charge in [0.05, 0.1) is 0 Å². The van der Waals surface area contributed by atoms with Crippen molar-refractivity contribution in [3.63, 3.8) is 0 Å². The van der Waals surface area contributed by atoms with E-state index in [2.05, 4.69) is 5.32 Å². The van der Waals surface area contributed by atoms with Crippen LogP contribution in [-0.2, 0) is 0 Å². The Bertz CT molecular complexity index is 493. The van der Waals surface area contributed by atoms with Gasteiger partial charge in [0.1, 0.15) is 0 Å². The van der Waals surface area contributed by atoms with Crippen molar-refractivity contribution in [2.24, 2.45) is 5.92 Å². The van der Waals surface area contributed by atoms with Crippen LogP contribution in [0.5, 0.6) is 0 Å². The molecule has 0 aromatic heterocycles. The molecule has 116 valence electrons. The molecule has 6 heteroatoms. The summed E-state index contributed by atoms with van der Waals surface area (Å²) >= 11 is 0. The van der Waals surface area contributed by atoms with Crippen molar-refractivity contribution >= 4 is 5.91 Å². The lowest BCUT2D eigenvalue weighted by atomic mass is 9.94. The number of halogens is 3. The molecule has 1 saturated heterocycles. The summed E-state index contributed by atoms with van der Waals surface area (Å²) in [6.45, 7) is 2.48. The van der Waals surface area contributed by atoms with E-state index in [-0.39, 0.29) is 5.56 Å². The van der Waals surface area contributed by atoms with Crippen molar-refractivity contribution in [3.8, 4) is 0 Å². The lowest BCUT2D eigenvalue weighted by Crippen LogP contribution is -2.32. The molecule has 0 spiro atoms. The van der Waals surface area contributed by atoms with Crippen molar-refractivity contribution in [3.05, 3.63) is 35.1 Å². The maximum atomic E-state index is 13.1. The number of hydrogen-bond donors (Lipinski definition) is 1. The summed E-state index contributed by atoms with van der Waals surface area (Å²) in [4.78, 5) is 13.5. The fraction of sp³-hybridized carbons (Fsp3) is 0.533. The van der Waals surface area contributed by atoms with Crippen LogP contribution in [-0.4, -0.2) is 37.5 Å². The van der Waals surface area contributed by atoms with Gasteiger partial charge in [0, 0.05) is 19.2 Å². The minimum Gasteiger partial charge on any atom is -0.342 e. The molecule has 0 atom stereocenters. The van der Waals surface area contributed by atoms with E-state index in [4.69, 9.17) is 0 Å². The SMILES string of the molecule is CN(CCC1CCNCC1)C(=O)c1cc(F)c(F)c(F)c1. The largest absolute Gasteiger partial charge is 0.342 e. The number of benzene rings is 1. The van der Waals surface area contributed by atoms with Gasteiger partial charge in [-0.05, 0) is 50.4 Å². The van der Waals surface area contributed by atoms with Crippen LogP contribution in [0.3, 0.4) is 0 Å². The van der Waals surface area contributed by atoms with Gasteiger partial charge in [-0.3, -0.25) is 4.79 Å². The Morgan fingerprint density at radius 1 is 1.24 bits per heavy atom. The molecule has 0 saturated carbocycles. The smallest absolute Gasteiger partial charge is 0.253 e. The van der Waals surface area contributed by atoms with Crippen LogP contribution < -0.4 is 5.32 Å². The molecule has 21 heavy (non-hydrogen) atoms. The van der Waals surface area contributed by atoms with E-state index in [0.717, 1.165) is 44.5 Å². The Morgan fingerprint density at radius 2 is 1.81 bits per heavy atom. The molecule has 1 heterocycles. The summed E-state index contributed by atoms with van der Waals surface area (Å²) in [5.74, 6) is -4.18. The highest BCUT2D eigenvalue weighted by Gasteiger charge is 2.19. The Kier molecular flexibility index (Phi) is 5.22. The highest BCUT2D eigenvalue weighted by Crippen LogP contribution is 2.18. The zero-order valence-electron chi connectivity index (χ0n) is 12.0. The van der Waals surface area contributed by atoms with E-state index in [1.807, 2.05) is 0 Å². The summed E-state index contributed by atoms with van der Waals surface area (Å²) in [6, 6.07) is 1.48. The van der Waals surface area contributed by atoms with Gasteiger partial charge < -0.3 is 10.2 Å². The van der Waals surface area contributed by atoms with Crippen LogP contribution in [0.1, 0.15) is 29.6 Å². The monoisotopic (exact) mass is 300 g/mol. The van der Waals surface area contributed by atoms with Crippen molar-refractivity contribution in [1.82, 2.24) is 10.2 Å². The third-order valence-electron chi connectivity index (χ3n) is 3.91. The molecule has 0 unspecified atom stereocenters. The van der Waals surface area contributed by atoms with Gasteiger partial charge in [-0.25, -0.2) is 13.2 Å². The third kappa shape index (κ3) is 3.97. The summed E-state index contributed by atoms with van der Waals surface area (Å²) in [7, 11) is 1.59. The van der Waals surface area contributed by atoms with Gasteiger partial charge in [-0.2, -0.15) is 0 Å². The average molecular weight is 300 g/mol. The Labute approximate surface area is 122 Å². The molecule has 1 N–H and O–H groups in total. The summed E-state index contributed by atoms with van der Waals surface area (Å²) < 4.78 is 39.2. The minimum atomic E-state index is -1.55. The van der Waals surface area contributed by atoms with Gasteiger partial charge in [0.15, 0.2) is 17.5 Å². The first-order valence-corrected chi connectivity index (χ1v) is 7.09. The van der Waals surface area contributed by atoms with Crippen molar-refractivity contribution in [2.75, 3.05) is 26.7 Å². The topological polar surface area (TPSA) is 32.3 Å². The second kappa shape index (κ2) is 6.93. The molecule has 0 radical (unpaired) electrons. The molecule has 0 aliphatic carbocycles. The summed E-state index contributed by atoms with van der Waals surface area (Å²) in [5.41, 5.74) is -0.167. The normalized spacial score (nSPS) is 16.0. The van der Waals surface area contributed by atoms with E-state index in [1.54, 1.807) is 7.05 Å². The molecule has 3 nitrogen and oxygen atoms in total. The molecule has 1 aliphatic rings. The summed E-state index contributed by atoms with van der Waals surface area (Å²) in [6.07, 6.45) is 3.00. The molecule has 1 fully saturated rings. The van der Waals surface area contributed by atoms with E-state index < -0.39 is 23.4 Å². The van der Waals surface area contributed by atoms with Gasteiger partial charge in [0.25, 0.3) is 5.91 Å². The number of carbonyl (C=O) groups is 1. The minimum absolute atomic E-state index is 0.167. The van der Waals surface area contributed by atoms with E-state index in [0.29, 0.717) is 12.5 Å². The number of hydrogen-bond acceptors (Lipinski definition) is 2. The van der Waals surface area contributed by atoms with E-state index >= 15 is 0 Å². The van der Waals surface area contributed by atoms with Crippen LogP contribution in [0.15, 0.2) is 12.1 Å². The van der Waals surface area contributed by atoms with Gasteiger partial charge >= 0.3 is 0 Å². The fourth-order valence-electron chi connectivity index (χ4n) is 2.55. The Morgan fingerprint density at radius 3 is 2.38 bits per heavy atom. The van der Waals surface area contributed by atoms with Crippen molar-refractivity contribution < 1.29 is 18.0 Å². The fourth-order valence-corrected chi connectivity index (χ4v) is 2.55. The standard InChI is InChI=1S/C15H19F3N2O/c1-20(7-4-10-2-5-19-6-3-10)15(21)11-8-12(16)14(18)13(17)9-11/h8-10,19H,2-7H2,1H3. The molecule has 0 bridgehead atoms. The first-order chi connectivity index (χ1) is 9.99. The highest BCUT2D eigenvalue weighted by atomic mass is 19.2. The van der Waals surface area contributed by atoms with Crippen molar-refractivity contribution in [2.45, 2.75) is 19.3 Å². The van der Waals surface area contributed by atoms with Gasteiger partial charge in [-0.1, -0.05) is 0 Å². The second-order valence-electron chi connectivity index (χ2n) is 5.46. The zero-order valence-corrected chi connectivity index (χ0v) is 12.0. The quantitative estimate of drug-likeness (QED) is 0.867. The average Bonchev–Trinajstić information content (AvgIpc) is 2.50. The Hall–Kier alpha value is -1.56. The maximum Gasteiger partial charge on any atom is 0.253 e. The third-order valence-corrected chi connectivity index (χ3v) is 3.91. The number of nitrogens with one attached hydrogen (secondary N) is 1. The highest BCUT2D eigenvalue weighted by molar-refractivity contribution is 5.94. The predicted molar refractivity (Wildman–Crippen MR) is 73.5 cm³/mol.